The Morgan fingerprint density at radius 2 is 1.93 bits per heavy atom. The SMILES string of the molecule is CN(C)c1ccc(NC(=O)C(C)(C)CCCCc2noc(C(F)(F)F)n2)nc1. The van der Waals surface area contributed by atoms with Gasteiger partial charge in [-0.15, -0.1) is 0 Å². The molecule has 0 fully saturated rings. The lowest BCUT2D eigenvalue weighted by Crippen LogP contribution is -2.31. The highest BCUT2D eigenvalue weighted by Crippen LogP contribution is 2.28. The zero-order valence-electron chi connectivity index (χ0n) is 16.3. The van der Waals surface area contributed by atoms with Crippen molar-refractivity contribution in [3.05, 3.63) is 30.0 Å². The fourth-order valence-corrected chi connectivity index (χ4v) is 2.44. The van der Waals surface area contributed by atoms with Crippen molar-refractivity contribution in [2.45, 2.75) is 45.7 Å². The summed E-state index contributed by atoms with van der Waals surface area (Å²) in [6.45, 7) is 3.62. The van der Waals surface area contributed by atoms with Crippen LogP contribution in [0.4, 0.5) is 24.7 Å². The molecule has 28 heavy (non-hydrogen) atoms. The summed E-state index contributed by atoms with van der Waals surface area (Å²) in [6.07, 6.45) is -0.983. The molecule has 0 unspecified atom stereocenters. The quantitative estimate of drug-likeness (QED) is 0.677. The van der Waals surface area contributed by atoms with Gasteiger partial charge in [-0.2, -0.15) is 18.2 Å². The summed E-state index contributed by atoms with van der Waals surface area (Å²) < 4.78 is 41.5. The first-order valence-electron chi connectivity index (χ1n) is 8.83. The van der Waals surface area contributed by atoms with Crippen LogP contribution in [0, 0.1) is 5.41 Å². The van der Waals surface area contributed by atoms with Gasteiger partial charge in [-0.3, -0.25) is 4.79 Å². The Morgan fingerprint density at radius 1 is 1.21 bits per heavy atom. The van der Waals surface area contributed by atoms with Gasteiger partial charge >= 0.3 is 12.1 Å². The van der Waals surface area contributed by atoms with Gasteiger partial charge in [0, 0.05) is 25.9 Å². The maximum Gasteiger partial charge on any atom is 0.471 e. The maximum atomic E-state index is 12.5. The van der Waals surface area contributed by atoms with Crippen LogP contribution in [-0.4, -0.2) is 35.1 Å². The van der Waals surface area contributed by atoms with Crippen LogP contribution in [0.15, 0.2) is 22.9 Å². The van der Waals surface area contributed by atoms with Crippen molar-refractivity contribution in [3.63, 3.8) is 0 Å². The van der Waals surface area contributed by atoms with Crippen LogP contribution in [-0.2, 0) is 17.4 Å². The number of hydrogen-bond donors (Lipinski definition) is 1. The Kier molecular flexibility index (Phi) is 6.63. The number of nitrogens with one attached hydrogen (secondary N) is 1. The molecule has 1 amide bonds. The van der Waals surface area contributed by atoms with E-state index >= 15 is 0 Å². The Hall–Kier alpha value is -2.65. The third kappa shape index (κ3) is 5.93. The predicted molar refractivity (Wildman–Crippen MR) is 97.8 cm³/mol. The third-order valence-electron chi connectivity index (χ3n) is 4.28. The number of carbonyl (C=O) groups excluding carboxylic acids is 1. The topological polar surface area (TPSA) is 84.2 Å². The molecule has 0 bridgehead atoms. The summed E-state index contributed by atoms with van der Waals surface area (Å²) in [5, 5.41) is 6.12. The molecule has 0 aliphatic carbocycles. The summed E-state index contributed by atoms with van der Waals surface area (Å²) in [5.74, 6) is -1.03. The molecule has 2 aromatic heterocycles. The Morgan fingerprint density at radius 3 is 2.46 bits per heavy atom. The maximum absolute atomic E-state index is 12.5. The molecule has 0 saturated heterocycles. The van der Waals surface area contributed by atoms with Crippen LogP contribution in [0.5, 0.6) is 0 Å². The van der Waals surface area contributed by atoms with E-state index in [1.54, 1.807) is 12.3 Å². The van der Waals surface area contributed by atoms with Crippen molar-refractivity contribution in [1.82, 2.24) is 15.1 Å². The number of halogens is 3. The molecule has 0 aliphatic heterocycles. The van der Waals surface area contributed by atoms with E-state index in [-0.39, 0.29) is 18.2 Å². The summed E-state index contributed by atoms with van der Waals surface area (Å²) in [5.41, 5.74) is 0.267. The van der Waals surface area contributed by atoms with E-state index in [4.69, 9.17) is 0 Å². The largest absolute Gasteiger partial charge is 0.471 e. The zero-order valence-corrected chi connectivity index (χ0v) is 16.3. The van der Waals surface area contributed by atoms with Crippen molar-refractivity contribution < 1.29 is 22.5 Å². The summed E-state index contributed by atoms with van der Waals surface area (Å²) >= 11 is 0. The third-order valence-corrected chi connectivity index (χ3v) is 4.28. The molecule has 2 heterocycles. The Bertz CT molecular complexity index is 785. The number of unbranched alkanes of at least 4 members (excludes halogenated alkanes) is 1. The molecule has 0 radical (unpaired) electrons. The number of aromatic nitrogens is 3. The molecular formula is C18H24F3N5O2. The van der Waals surface area contributed by atoms with Crippen LogP contribution >= 0.6 is 0 Å². The predicted octanol–water partition coefficient (Wildman–Crippen LogP) is 3.93. The molecule has 0 atom stereocenters. The van der Waals surface area contributed by atoms with E-state index in [1.165, 1.54) is 0 Å². The van der Waals surface area contributed by atoms with E-state index in [2.05, 4.69) is 25.0 Å². The normalized spacial score (nSPS) is 12.1. The number of pyridine rings is 1. The van der Waals surface area contributed by atoms with Crippen molar-refractivity contribution in [2.24, 2.45) is 5.41 Å². The van der Waals surface area contributed by atoms with Crippen LogP contribution in [0.2, 0.25) is 0 Å². The number of hydrogen-bond acceptors (Lipinski definition) is 6. The number of rotatable bonds is 8. The van der Waals surface area contributed by atoms with Gasteiger partial charge in [-0.05, 0) is 25.0 Å². The first-order chi connectivity index (χ1) is 13.0. The summed E-state index contributed by atoms with van der Waals surface area (Å²) in [6, 6.07) is 3.59. The standard InChI is InChI=1S/C18H24F3N5O2/c1-17(2,15(27)23-13-9-8-12(11-22-13)26(3)4)10-6-5-7-14-24-16(28-25-14)18(19,20)21/h8-9,11H,5-7,10H2,1-4H3,(H,22,23,27). The number of nitrogens with zero attached hydrogens (tertiary/aromatic N) is 4. The number of anilines is 2. The van der Waals surface area contributed by atoms with E-state index < -0.39 is 17.5 Å². The molecular weight excluding hydrogens is 375 g/mol. The zero-order chi connectivity index (χ0) is 20.9. The number of alkyl halides is 3. The molecule has 0 saturated carbocycles. The molecule has 2 rings (SSSR count). The molecule has 0 aromatic carbocycles. The van der Waals surface area contributed by atoms with E-state index in [0.29, 0.717) is 25.1 Å². The Balaban J connectivity index is 1.80. The van der Waals surface area contributed by atoms with Crippen LogP contribution in [0.25, 0.3) is 0 Å². The van der Waals surface area contributed by atoms with E-state index in [0.717, 1.165) is 5.69 Å². The molecule has 1 N–H and O–H groups in total. The fraction of sp³-hybridized carbons (Fsp3) is 0.556. The second-order valence-corrected chi connectivity index (χ2v) is 7.35. The van der Waals surface area contributed by atoms with E-state index in [9.17, 15) is 18.0 Å². The highest BCUT2D eigenvalue weighted by atomic mass is 19.4. The van der Waals surface area contributed by atoms with Crippen LogP contribution in [0.1, 0.15) is 44.8 Å². The average Bonchev–Trinajstić information content (AvgIpc) is 3.08. The second kappa shape index (κ2) is 8.57. The molecule has 7 nitrogen and oxygen atoms in total. The van der Waals surface area contributed by atoms with Gasteiger partial charge in [0.2, 0.25) is 5.91 Å². The van der Waals surface area contributed by atoms with Gasteiger partial charge in [-0.1, -0.05) is 25.4 Å². The fourth-order valence-electron chi connectivity index (χ4n) is 2.44. The minimum Gasteiger partial charge on any atom is -0.376 e. The number of carbonyl (C=O) groups is 1. The molecule has 0 spiro atoms. The van der Waals surface area contributed by atoms with Crippen molar-refractivity contribution in [1.29, 1.82) is 0 Å². The average molecular weight is 399 g/mol. The van der Waals surface area contributed by atoms with Gasteiger partial charge in [0.05, 0.1) is 11.9 Å². The van der Waals surface area contributed by atoms with Crippen LogP contribution < -0.4 is 10.2 Å². The van der Waals surface area contributed by atoms with Gasteiger partial charge in [0.1, 0.15) is 5.82 Å². The molecule has 0 aliphatic rings. The monoisotopic (exact) mass is 399 g/mol. The van der Waals surface area contributed by atoms with Crippen molar-refractivity contribution in [3.8, 4) is 0 Å². The lowest BCUT2D eigenvalue weighted by molar-refractivity contribution is -0.159. The lowest BCUT2D eigenvalue weighted by atomic mass is 9.86. The van der Waals surface area contributed by atoms with Crippen LogP contribution in [0.3, 0.4) is 0 Å². The molecule has 10 heteroatoms. The summed E-state index contributed by atoms with van der Waals surface area (Å²) in [4.78, 5) is 22.0. The highest BCUT2D eigenvalue weighted by Gasteiger charge is 2.38. The molecule has 2 aromatic rings. The smallest absolute Gasteiger partial charge is 0.376 e. The van der Waals surface area contributed by atoms with Gasteiger partial charge in [0.15, 0.2) is 5.82 Å². The highest BCUT2D eigenvalue weighted by molar-refractivity contribution is 5.94. The Labute approximate surface area is 161 Å². The lowest BCUT2D eigenvalue weighted by Gasteiger charge is -2.23. The van der Waals surface area contributed by atoms with E-state index in [1.807, 2.05) is 38.9 Å². The van der Waals surface area contributed by atoms with Crippen molar-refractivity contribution >= 4 is 17.4 Å². The van der Waals surface area contributed by atoms with Gasteiger partial charge in [-0.25, -0.2) is 4.98 Å². The van der Waals surface area contributed by atoms with Gasteiger partial charge < -0.3 is 14.7 Å². The molecule has 154 valence electrons. The first-order valence-corrected chi connectivity index (χ1v) is 8.83. The number of amides is 1. The van der Waals surface area contributed by atoms with Gasteiger partial charge in [0.25, 0.3) is 0 Å². The minimum atomic E-state index is -4.63. The van der Waals surface area contributed by atoms with Crippen molar-refractivity contribution in [2.75, 3.05) is 24.3 Å². The second-order valence-electron chi connectivity index (χ2n) is 7.35. The number of aryl methyl sites for hydroxylation is 1. The summed E-state index contributed by atoms with van der Waals surface area (Å²) in [7, 11) is 3.80. The minimum absolute atomic E-state index is 0.0137. The first kappa shape index (κ1) is 21.6.